The molecule has 1 amide bonds. The fourth-order valence-electron chi connectivity index (χ4n) is 3.30. The lowest BCUT2D eigenvalue weighted by Gasteiger charge is -2.26. The highest BCUT2D eigenvalue weighted by molar-refractivity contribution is 5.90. The average molecular weight is 343 g/mol. The predicted octanol–water partition coefficient (Wildman–Crippen LogP) is 0.841. The number of anilines is 1. The van der Waals surface area contributed by atoms with Crippen LogP contribution in [0.25, 0.3) is 5.95 Å². The Morgan fingerprint density at radius 3 is 2.44 bits per heavy atom. The van der Waals surface area contributed by atoms with Crippen LogP contribution in [0.2, 0.25) is 0 Å². The van der Waals surface area contributed by atoms with Crippen molar-refractivity contribution in [3.8, 4) is 5.95 Å². The molecule has 1 fully saturated rings. The number of amides is 1. The van der Waals surface area contributed by atoms with Crippen molar-refractivity contribution in [2.24, 2.45) is 5.92 Å². The summed E-state index contributed by atoms with van der Waals surface area (Å²) in [5.41, 5.74) is 2.57. The molecule has 7 nitrogen and oxygen atoms in total. The van der Waals surface area contributed by atoms with Crippen molar-refractivity contribution in [3.63, 3.8) is 0 Å². The molecular weight excluding hydrogens is 316 g/mol. The van der Waals surface area contributed by atoms with E-state index in [1.807, 2.05) is 32.9 Å². The Kier molecular flexibility index (Phi) is 5.13. The maximum absolute atomic E-state index is 12.5. The summed E-state index contributed by atoms with van der Waals surface area (Å²) in [4.78, 5) is 22.7. The first-order valence-electron chi connectivity index (χ1n) is 8.93. The van der Waals surface area contributed by atoms with Gasteiger partial charge >= 0.3 is 0 Å². The van der Waals surface area contributed by atoms with Gasteiger partial charge in [0.2, 0.25) is 0 Å². The molecule has 3 rings (SSSR count). The third kappa shape index (κ3) is 4.42. The minimum atomic E-state index is 0.00933. The molecule has 0 spiro atoms. The Morgan fingerprint density at radius 2 is 1.80 bits per heavy atom. The van der Waals surface area contributed by atoms with Crippen LogP contribution in [0, 0.1) is 26.7 Å². The van der Waals surface area contributed by atoms with E-state index in [1.54, 1.807) is 4.68 Å². The van der Waals surface area contributed by atoms with Gasteiger partial charge in [-0.2, -0.15) is 9.78 Å². The smallest absolute Gasteiger partial charge is 0.280 e. The van der Waals surface area contributed by atoms with Gasteiger partial charge in [0.05, 0.1) is 18.8 Å². The molecule has 1 aliphatic rings. The van der Waals surface area contributed by atoms with Crippen molar-refractivity contribution in [2.45, 2.75) is 40.5 Å². The Hall–Kier alpha value is -2.28. The summed E-state index contributed by atoms with van der Waals surface area (Å²) in [6, 6.07) is 3.77. The van der Waals surface area contributed by atoms with Crippen LogP contribution in [0.3, 0.4) is 0 Å². The molecular formula is C18H27N6O+. The zero-order chi connectivity index (χ0) is 18.0. The van der Waals surface area contributed by atoms with E-state index >= 15 is 0 Å². The van der Waals surface area contributed by atoms with Gasteiger partial charge in [-0.3, -0.25) is 4.79 Å². The van der Waals surface area contributed by atoms with Crippen LogP contribution >= 0.6 is 0 Å². The quantitative estimate of drug-likeness (QED) is 0.862. The average Bonchev–Trinajstić information content (AvgIpc) is 2.89. The zero-order valence-corrected chi connectivity index (χ0v) is 15.5. The number of aromatic nitrogens is 4. The fourth-order valence-corrected chi connectivity index (χ4v) is 3.30. The molecule has 0 aromatic carbocycles. The summed E-state index contributed by atoms with van der Waals surface area (Å²) in [5, 5.41) is 7.43. The minimum absolute atomic E-state index is 0.00933. The summed E-state index contributed by atoms with van der Waals surface area (Å²) < 4.78 is 1.61. The molecule has 1 saturated heterocycles. The molecule has 25 heavy (non-hydrogen) atoms. The van der Waals surface area contributed by atoms with Gasteiger partial charge in [0.1, 0.15) is 5.82 Å². The van der Waals surface area contributed by atoms with Crippen LogP contribution in [0.15, 0.2) is 12.1 Å². The van der Waals surface area contributed by atoms with E-state index in [2.05, 4.69) is 27.3 Å². The summed E-state index contributed by atoms with van der Waals surface area (Å²) in [7, 11) is 0. The van der Waals surface area contributed by atoms with Crippen molar-refractivity contribution in [2.75, 3.05) is 25.0 Å². The number of carbonyl (C=O) groups excluding carboxylic acids is 1. The Bertz CT molecular complexity index is 741. The number of nitrogens with one attached hydrogen (secondary N) is 2. The van der Waals surface area contributed by atoms with Crippen molar-refractivity contribution in [3.05, 3.63) is 29.2 Å². The van der Waals surface area contributed by atoms with Crippen molar-refractivity contribution in [1.29, 1.82) is 0 Å². The maximum Gasteiger partial charge on any atom is 0.280 e. The van der Waals surface area contributed by atoms with Gasteiger partial charge in [0, 0.05) is 17.5 Å². The minimum Gasteiger partial charge on any atom is -0.327 e. The molecule has 2 N–H and O–H groups in total. The Balaban J connectivity index is 1.73. The lowest BCUT2D eigenvalue weighted by molar-refractivity contribution is -0.897. The van der Waals surface area contributed by atoms with Crippen LogP contribution in [0.1, 0.15) is 36.8 Å². The largest absolute Gasteiger partial charge is 0.327 e. The number of likely N-dealkylation sites (tertiary alicyclic amines) is 1. The molecule has 0 unspecified atom stereocenters. The van der Waals surface area contributed by atoms with Gasteiger partial charge in [-0.05, 0) is 45.6 Å². The van der Waals surface area contributed by atoms with Gasteiger partial charge in [0.15, 0.2) is 6.54 Å². The Labute approximate surface area is 148 Å². The topological polar surface area (TPSA) is 77.1 Å². The van der Waals surface area contributed by atoms with Gasteiger partial charge in [-0.25, -0.2) is 9.97 Å². The standard InChI is InChI=1S/C18H26N6O/c1-12-5-7-23(8-6-12)11-17(25)21-16-10-15(4)22-24(16)18-19-13(2)9-14(3)20-18/h9-10,12H,5-8,11H2,1-4H3,(H,21,25)/p+1. The van der Waals surface area contributed by atoms with E-state index in [4.69, 9.17) is 0 Å². The molecule has 0 saturated carbocycles. The molecule has 2 aromatic rings. The van der Waals surface area contributed by atoms with Crippen LogP contribution < -0.4 is 10.2 Å². The summed E-state index contributed by atoms with van der Waals surface area (Å²) >= 11 is 0. The van der Waals surface area contributed by atoms with E-state index in [9.17, 15) is 4.79 Å². The maximum atomic E-state index is 12.5. The third-order valence-electron chi connectivity index (χ3n) is 4.65. The molecule has 0 aliphatic carbocycles. The zero-order valence-electron chi connectivity index (χ0n) is 15.5. The number of piperidine rings is 1. The van der Waals surface area contributed by atoms with Gasteiger partial charge in [-0.15, -0.1) is 0 Å². The molecule has 2 aromatic heterocycles. The fraction of sp³-hybridized carbons (Fsp3) is 0.556. The lowest BCUT2D eigenvalue weighted by Crippen LogP contribution is -3.14. The number of hydrogen-bond acceptors (Lipinski definition) is 4. The summed E-state index contributed by atoms with van der Waals surface area (Å²) in [5.74, 6) is 1.89. The van der Waals surface area contributed by atoms with E-state index in [1.165, 1.54) is 17.7 Å². The highest BCUT2D eigenvalue weighted by Gasteiger charge is 2.22. The second-order valence-corrected chi connectivity index (χ2v) is 7.19. The molecule has 0 atom stereocenters. The number of carbonyl (C=O) groups is 1. The first-order chi connectivity index (χ1) is 11.9. The van der Waals surface area contributed by atoms with Crippen LogP contribution in [0.5, 0.6) is 0 Å². The molecule has 134 valence electrons. The monoisotopic (exact) mass is 343 g/mol. The highest BCUT2D eigenvalue weighted by atomic mass is 16.2. The van der Waals surface area contributed by atoms with Crippen LogP contribution in [0.4, 0.5) is 5.82 Å². The summed E-state index contributed by atoms with van der Waals surface area (Å²) in [6.45, 7) is 10.6. The van der Waals surface area contributed by atoms with Gasteiger partial charge in [0.25, 0.3) is 11.9 Å². The second kappa shape index (κ2) is 7.31. The first kappa shape index (κ1) is 17.5. The summed E-state index contributed by atoms with van der Waals surface area (Å²) in [6.07, 6.45) is 2.38. The molecule has 1 aliphatic heterocycles. The van der Waals surface area contributed by atoms with Crippen molar-refractivity contribution < 1.29 is 9.69 Å². The van der Waals surface area contributed by atoms with Crippen LogP contribution in [-0.4, -0.2) is 45.3 Å². The van der Waals surface area contributed by atoms with E-state index in [0.717, 1.165) is 36.1 Å². The van der Waals surface area contributed by atoms with E-state index in [-0.39, 0.29) is 5.91 Å². The number of aryl methyl sites for hydroxylation is 3. The van der Waals surface area contributed by atoms with Crippen molar-refractivity contribution >= 4 is 11.7 Å². The number of nitrogens with zero attached hydrogens (tertiary/aromatic N) is 4. The normalized spacial score (nSPS) is 20.5. The third-order valence-corrected chi connectivity index (χ3v) is 4.65. The number of hydrogen-bond donors (Lipinski definition) is 2. The number of quaternary nitrogens is 1. The van der Waals surface area contributed by atoms with E-state index < -0.39 is 0 Å². The van der Waals surface area contributed by atoms with Crippen LogP contribution in [-0.2, 0) is 4.79 Å². The van der Waals surface area contributed by atoms with Crippen molar-refractivity contribution in [1.82, 2.24) is 19.7 Å². The Morgan fingerprint density at radius 1 is 1.16 bits per heavy atom. The first-order valence-corrected chi connectivity index (χ1v) is 8.93. The lowest BCUT2D eigenvalue weighted by atomic mass is 9.99. The van der Waals surface area contributed by atoms with E-state index in [0.29, 0.717) is 18.3 Å². The predicted molar refractivity (Wildman–Crippen MR) is 96.0 cm³/mol. The molecule has 3 heterocycles. The highest BCUT2D eigenvalue weighted by Crippen LogP contribution is 2.15. The second-order valence-electron chi connectivity index (χ2n) is 7.19. The SMILES string of the molecule is Cc1cc(C)nc(-n2nc(C)cc2NC(=O)C[NH+]2CCC(C)CC2)n1. The molecule has 7 heteroatoms. The van der Waals surface area contributed by atoms with Gasteiger partial charge < -0.3 is 10.2 Å². The molecule has 0 bridgehead atoms. The van der Waals surface area contributed by atoms with Gasteiger partial charge in [-0.1, -0.05) is 6.92 Å². The number of rotatable bonds is 4. The molecule has 0 radical (unpaired) electrons.